The monoisotopic (exact) mass is 364 g/mol. The second kappa shape index (κ2) is 6.39. The molecule has 0 N–H and O–H groups in total. The number of carbonyl (C=O) groups excluding carboxylic acids is 1. The van der Waals surface area contributed by atoms with Crippen LogP contribution in [0.1, 0.15) is 51.1 Å². The van der Waals surface area contributed by atoms with E-state index >= 15 is 0 Å². The number of likely N-dealkylation sites (tertiary alicyclic amines) is 1. The molecule has 1 aliphatic carbocycles. The molecule has 2 aromatic heterocycles. The average Bonchev–Trinajstić information content (AvgIpc) is 3.29. The molecule has 2 aromatic rings. The van der Waals surface area contributed by atoms with Crippen LogP contribution < -0.4 is 4.90 Å². The van der Waals surface area contributed by atoms with Crippen LogP contribution in [0, 0.1) is 5.92 Å². The van der Waals surface area contributed by atoms with Gasteiger partial charge in [0.25, 0.3) is 0 Å². The zero-order valence-corrected chi connectivity index (χ0v) is 16.1. The van der Waals surface area contributed by atoms with Crippen molar-refractivity contribution >= 4 is 11.6 Å². The van der Waals surface area contributed by atoms with Crippen molar-refractivity contribution in [2.24, 2.45) is 5.92 Å². The molecule has 0 aromatic carbocycles. The maximum Gasteiger partial charge on any atom is 0.225 e. The molecular weight excluding hydrogens is 336 g/mol. The van der Waals surface area contributed by atoms with E-state index in [0.29, 0.717) is 5.91 Å². The molecule has 2 aliphatic heterocycles. The lowest BCUT2D eigenvalue weighted by atomic mass is 9.84. The zero-order valence-electron chi connectivity index (χ0n) is 16.1. The summed E-state index contributed by atoms with van der Waals surface area (Å²) in [6, 6.07) is 8.58. The van der Waals surface area contributed by atoms with Crippen LogP contribution in [0.25, 0.3) is 5.82 Å². The Morgan fingerprint density at radius 1 is 1.30 bits per heavy atom. The van der Waals surface area contributed by atoms with Crippen molar-refractivity contribution in [1.29, 1.82) is 0 Å². The first kappa shape index (κ1) is 16.8. The van der Waals surface area contributed by atoms with E-state index in [4.69, 9.17) is 4.98 Å². The molecular formula is C22H28N4O. The lowest BCUT2D eigenvalue weighted by Gasteiger charge is -2.47. The predicted octanol–water partition coefficient (Wildman–Crippen LogP) is 3.72. The number of nitrogens with zero attached hydrogens (tertiary/aromatic N) is 4. The Morgan fingerprint density at radius 2 is 2.19 bits per heavy atom. The van der Waals surface area contributed by atoms with Crippen LogP contribution >= 0.6 is 0 Å². The highest BCUT2D eigenvalue weighted by Gasteiger charge is 2.51. The smallest absolute Gasteiger partial charge is 0.225 e. The van der Waals surface area contributed by atoms with Gasteiger partial charge in [-0.15, -0.1) is 0 Å². The highest BCUT2D eigenvalue weighted by atomic mass is 16.2. The summed E-state index contributed by atoms with van der Waals surface area (Å²) < 4.78 is 2.25. The molecule has 1 spiro atoms. The van der Waals surface area contributed by atoms with Gasteiger partial charge in [0, 0.05) is 37.9 Å². The van der Waals surface area contributed by atoms with Crippen LogP contribution in [0.5, 0.6) is 0 Å². The Morgan fingerprint density at radius 3 is 2.96 bits per heavy atom. The van der Waals surface area contributed by atoms with Gasteiger partial charge in [0.2, 0.25) is 5.91 Å². The quantitative estimate of drug-likeness (QED) is 0.830. The van der Waals surface area contributed by atoms with Crippen LogP contribution in [0.2, 0.25) is 0 Å². The summed E-state index contributed by atoms with van der Waals surface area (Å²) in [6.07, 6.45) is 10.7. The largest absolute Gasteiger partial charge is 0.355 e. The van der Waals surface area contributed by atoms with Gasteiger partial charge in [-0.2, -0.15) is 0 Å². The summed E-state index contributed by atoms with van der Waals surface area (Å²) >= 11 is 0. The van der Waals surface area contributed by atoms with Gasteiger partial charge < -0.3 is 14.4 Å². The van der Waals surface area contributed by atoms with Gasteiger partial charge in [0.05, 0.1) is 11.4 Å². The Bertz CT molecular complexity index is 856. The third kappa shape index (κ3) is 2.43. The summed E-state index contributed by atoms with van der Waals surface area (Å²) in [4.78, 5) is 22.3. The number of aromatic nitrogens is 2. The number of pyridine rings is 1. The number of hydrogen-bond acceptors (Lipinski definition) is 3. The normalized spacial score (nSPS) is 24.0. The zero-order chi connectivity index (χ0) is 18.4. The predicted molar refractivity (Wildman–Crippen MR) is 106 cm³/mol. The van der Waals surface area contributed by atoms with Gasteiger partial charge in [-0.25, -0.2) is 4.98 Å². The third-order valence-electron chi connectivity index (χ3n) is 6.78. The van der Waals surface area contributed by atoms with Crippen molar-refractivity contribution in [1.82, 2.24) is 14.5 Å². The average molecular weight is 364 g/mol. The summed E-state index contributed by atoms with van der Waals surface area (Å²) in [5.41, 5.74) is 2.36. The van der Waals surface area contributed by atoms with Gasteiger partial charge in [-0.05, 0) is 49.9 Å². The van der Waals surface area contributed by atoms with E-state index in [2.05, 4.69) is 45.7 Å². The molecule has 3 aliphatic rings. The van der Waals surface area contributed by atoms with Crippen molar-refractivity contribution in [2.45, 2.75) is 51.0 Å². The highest BCUT2D eigenvalue weighted by molar-refractivity contribution is 5.80. The molecule has 0 bridgehead atoms. The molecule has 1 saturated carbocycles. The fourth-order valence-corrected chi connectivity index (χ4v) is 5.07. The van der Waals surface area contributed by atoms with Crippen LogP contribution in [-0.4, -0.2) is 40.0 Å². The third-order valence-corrected chi connectivity index (χ3v) is 6.78. The topological polar surface area (TPSA) is 41.4 Å². The Labute approximate surface area is 161 Å². The maximum absolute atomic E-state index is 13.0. The van der Waals surface area contributed by atoms with E-state index in [9.17, 15) is 4.79 Å². The molecule has 4 heterocycles. The first-order chi connectivity index (χ1) is 13.2. The SMILES string of the molecule is CCCCN1c2cccnc2-n2cccc2[C@]12CCN(C(=O)C1CCC1)C2. The molecule has 5 heteroatoms. The maximum atomic E-state index is 13.0. The molecule has 1 saturated heterocycles. The number of carbonyl (C=O) groups is 1. The second-order valence-electron chi connectivity index (χ2n) is 8.28. The second-order valence-corrected chi connectivity index (χ2v) is 8.28. The van der Waals surface area contributed by atoms with E-state index in [1.807, 2.05) is 12.3 Å². The standard InChI is InChI=1S/C22H28N4O/c1-2-3-14-26-18-9-5-12-23-20(18)25-13-6-10-19(25)22(26)11-15-24(16-22)21(27)17-7-4-8-17/h5-6,9-10,12-13,17H,2-4,7-8,11,14-16H2,1H3/t22-/m1/s1. The molecule has 5 rings (SSSR count). The molecule has 5 nitrogen and oxygen atoms in total. The van der Waals surface area contributed by atoms with E-state index in [0.717, 1.165) is 57.6 Å². The Kier molecular flexibility index (Phi) is 3.99. The lowest BCUT2D eigenvalue weighted by Crippen LogP contribution is -2.53. The van der Waals surface area contributed by atoms with Gasteiger partial charge in [-0.3, -0.25) is 4.79 Å². The fourth-order valence-electron chi connectivity index (χ4n) is 5.07. The number of anilines is 1. The molecule has 27 heavy (non-hydrogen) atoms. The van der Waals surface area contributed by atoms with E-state index in [1.54, 1.807) is 0 Å². The number of unbranched alkanes of at least 4 members (excludes halogenated alkanes) is 1. The molecule has 0 unspecified atom stereocenters. The summed E-state index contributed by atoms with van der Waals surface area (Å²) in [5.74, 6) is 1.67. The molecule has 1 atom stereocenters. The van der Waals surface area contributed by atoms with Crippen LogP contribution in [-0.2, 0) is 10.3 Å². The number of fused-ring (bicyclic) bond motifs is 4. The highest BCUT2D eigenvalue weighted by Crippen LogP contribution is 2.47. The van der Waals surface area contributed by atoms with Gasteiger partial charge in [0.1, 0.15) is 5.54 Å². The summed E-state index contributed by atoms with van der Waals surface area (Å²) in [5, 5.41) is 0. The minimum absolute atomic E-state index is 0.131. The fraction of sp³-hybridized carbons (Fsp3) is 0.545. The summed E-state index contributed by atoms with van der Waals surface area (Å²) in [6.45, 7) is 4.90. The van der Waals surface area contributed by atoms with Crippen molar-refractivity contribution in [3.8, 4) is 5.82 Å². The lowest BCUT2D eigenvalue weighted by molar-refractivity contribution is -0.137. The van der Waals surface area contributed by atoms with Crippen molar-refractivity contribution in [3.63, 3.8) is 0 Å². The Balaban J connectivity index is 1.56. The van der Waals surface area contributed by atoms with Crippen molar-refractivity contribution < 1.29 is 4.79 Å². The first-order valence-corrected chi connectivity index (χ1v) is 10.4. The van der Waals surface area contributed by atoms with E-state index < -0.39 is 0 Å². The number of hydrogen-bond donors (Lipinski definition) is 0. The van der Waals surface area contributed by atoms with Crippen molar-refractivity contribution in [2.75, 3.05) is 24.5 Å². The van der Waals surface area contributed by atoms with Crippen molar-refractivity contribution in [3.05, 3.63) is 42.4 Å². The first-order valence-electron chi connectivity index (χ1n) is 10.4. The van der Waals surface area contributed by atoms with Crippen LogP contribution in [0.15, 0.2) is 36.7 Å². The molecule has 142 valence electrons. The van der Waals surface area contributed by atoms with Gasteiger partial charge >= 0.3 is 0 Å². The van der Waals surface area contributed by atoms with E-state index in [1.165, 1.54) is 17.8 Å². The minimum atomic E-state index is -0.131. The molecule has 0 radical (unpaired) electrons. The number of amides is 1. The van der Waals surface area contributed by atoms with E-state index in [-0.39, 0.29) is 11.5 Å². The van der Waals surface area contributed by atoms with Gasteiger partial charge in [-0.1, -0.05) is 19.8 Å². The van der Waals surface area contributed by atoms with Crippen LogP contribution in [0.4, 0.5) is 5.69 Å². The van der Waals surface area contributed by atoms with Crippen LogP contribution in [0.3, 0.4) is 0 Å². The molecule has 1 amide bonds. The van der Waals surface area contributed by atoms with Gasteiger partial charge in [0.15, 0.2) is 5.82 Å². The minimum Gasteiger partial charge on any atom is -0.355 e. The summed E-state index contributed by atoms with van der Waals surface area (Å²) in [7, 11) is 0. The number of rotatable bonds is 4. The molecule has 2 fully saturated rings. The Hall–Kier alpha value is -2.30.